The van der Waals surface area contributed by atoms with Crippen LogP contribution in [0, 0.1) is 0 Å². The number of allylic oxidation sites excluding steroid dienone is 1. The summed E-state index contributed by atoms with van der Waals surface area (Å²) in [5.74, 6) is 1.30. The van der Waals surface area contributed by atoms with Crippen molar-refractivity contribution in [2.75, 3.05) is 0 Å². The molecule has 0 amide bonds. The van der Waals surface area contributed by atoms with E-state index in [1.807, 2.05) is 47.0 Å². The highest BCUT2D eigenvalue weighted by molar-refractivity contribution is 7.07. The van der Waals surface area contributed by atoms with E-state index in [4.69, 9.17) is 9.41 Å². The molecule has 0 bridgehead atoms. The second-order valence-electron chi connectivity index (χ2n) is 9.86. The third-order valence-electron chi connectivity index (χ3n) is 7.46. The Morgan fingerprint density at radius 3 is 2.51 bits per heavy atom. The second-order valence-corrected chi connectivity index (χ2v) is 10.9. The van der Waals surface area contributed by atoms with Gasteiger partial charge in [0.1, 0.15) is 11.5 Å². The lowest BCUT2D eigenvalue weighted by molar-refractivity contribution is 0.101. The van der Waals surface area contributed by atoms with Gasteiger partial charge in [0, 0.05) is 22.8 Å². The molecule has 0 unspecified atom stereocenters. The van der Waals surface area contributed by atoms with Gasteiger partial charge in [-0.1, -0.05) is 90.2 Å². The number of thiazole rings is 1. The van der Waals surface area contributed by atoms with Gasteiger partial charge in [0.25, 0.3) is 5.56 Å². The minimum absolute atomic E-state index is 0.0241. The average molecular weight is 529 g/mol. The fourth-order valence-corrected chi connectivity index (χ4v) is 6.52. The molecule has 0 saturated heterocycles. The molecular formula is C33H24N2O3S. The quantitative estimate of drug-likeness (QED) is 0.278. The van der Waals surface area contributed by atoms with E-state index in [9.17, 15) is 9.59 Å². The van der Waals surface area contributed by atoms with Crippen molar-refractivity contribution in [2.45, 2.75) is 25.8 Å². The monoisotopic (exact) mass is 528 g/mol. The number of aromatic nitrogens is 1. The van der Waals surface area contributed by atoms with Crippen molar-refractivity contribution in [3.05, 3.63) is 144 Å². The van der Waals surface area contributed by atoms with Crippen LogP contribution >= 0.6 is 11.3 Å². The van der Waals surface area contributed by atoms with Crippen LogP contribution in [0.25, 0.3) is 23.1 Å². The Morgan fingerprint density at radius 1 is 0.949 bits per heavy atom. The molecule has 0 spiro atoms. The third-order valence-corrected chi connectivity index (χ3v) is 8.45. The van der Waals surface area contributed by atoms with Crippen LogP contribution < -0.4 is 14.9 Å². The molecule has 5 nitrogen and oxygen atoms in total. The normalized spacial score (nSPS) is 16.3. The zero-order valence-electron chi connectivity index (χ0n) is 21.3. The second kappa shape index (κ2) is 9.33. The minimum Gasteiger partial charge on any atom is -0.457 e. The first-order chi connectivity index (χ1) is 19.1. The van der Waals surface area contributed by atoms with Crippen LogP contribution in [-0.2, 0) is 6.42 Å². The van der Waals surface area contributed by atoms with Gasteiger partial charge in [0.15, 0.2) is 10.6 Å². The molecule has 190 valence electrons. The van der Waals surface area contributed by atoms with Crippen molar-refractivity contribution < 1.29 is 9.21 Å². The van der Waals surface area contributed by atoms with Crippen molar-refractivity contribution in [2.24, 2.45) is 4.99 Å². The summed E-state index contributed by atoms with van der Waals surface area (Å²) in [7, 11) is 0. The fraction of sp³-hybridized carbons (Fsp3) is 0.121. The van der Waals surface area contributed by atoms with Gasteiger partial charge < -0.3 is 4.42 Å². The van der Waals surface area contributed by atoms with E-state index in [1.54, 1.807) is 25.1 Å². The maximum atomic E-state index is 13.9. The molecule has 5 aromatic rings. The maximum Gasteiger partial charge on any atom is 0.271 e. The lowest BCUT2D eigenvalue weighted by Crippen LogP contribution is -2.38. The molecular weight excluding hydrogens is 504 g/mol. The van der Waals surface area contributed by atoms with Crippen molar-refractivity contribution in [3.8, 4) is 11.3 Å². The number of carbonyl (C=O) groups is 1. The number of nitrogens with zero attached hydrogens (tertiary/aromatic N) is 2. The average Bonchev–Trinajstić information content (AvgIpc) is 3.56. The fourth-order valence-electron chi connectivity index (χ4n) is 5.54. The number of furan rings is 1. The molecule has 0 fully saturated rings. The Labute approximate surface area is 228 Å². The standard InChI is InChI=1S/C33H24N2O3S/c1-20(36)21-11-13-23(14-12-21)28-18-16-25(38-28)19-29-32(37)35-31(24-8-3-2-4-9-24)27-17-15-22-7-5-6-10-26(22)30(27)34-33(35)39-29/h2-14,16,18-19,31H,15,17H2,1H3/b29-19-/t31-/m1/s1. The van der Waals surface area contributed by atoms with Crippen molar-refractivity contribution in [1.29, 1.82) is 0 Å². The smallest absolute Gasteiger partial charge is 0.271 e. The van der Waals surface area contributed by atoms with E-state index in [2.05, 4.69) is 36.4 Å². The molecule has 7 rings (SSSR count). The molecule has 1 aliphatic heterocycles. The van der Waals surface area contributed by atoms with Gasteiger partial charge in [0.05, 0.1) is 16.3 Å². The first-order valence-electron chi connectivity index (χ1n) is 13.0. The Morgan fingerprint density at radius 2 is 1.72 bits per heavy atom. The van der Waals surface area contributed by atoms with Crippen molar-refractivity contribution in [3.63, 3.8) is 0 Å². The van der Waals surface area contributed by atoms with Gasteiger partial charge in [-0.15, -0.1) is 0 Å². The maximum absolute atomic E-state index is 13.9. The summed E-state index contributed by atoms with van der Waals surface area (Å²) in [5.41, 5.74) is 7.18. The van der Waals surface area contributed by atoms with Crippen molar-refractivity contribution in [1.82, 2.24) is 4.57 Å². The number of benzene rings is 3. The summed E-state index contributed by atoms with van der Waals surface area (Å²) in [5, 5.41) is 0. The largest absolute Gasteiger partial charge is 0.457 e. The van der Waals surface area contributed by atoms with Crippen LogP contribution in [0.3, 0.4) is 0 Å². The van der Waals surface area contributed by atoms with Gasteiger partial charge in [-0.25, -0.2) is 4.99 Å². The zero-order valence-corrected chi connectivity index (χ0v) is 22.1. The third kappa shape index (κ3) is 4.04. The number of hydrogen-bond donors (Lipinski definition) is 0. The van der Waals surface area contributed by atoms with Crippen molar-refractivity contribution >= 4 is 28.9 Å². The molecule has 6 heteroatoms. The molecule has 1 aliphatic carbocycles. The highest BCUT2D eigenvalue weighted by atomic mass is 32.1. The first kappa shape index (κ1) is 23.6. The van der Waals surface area contributed by atoms with Crippen LogP contribution in [0.4, 0.5) is 0 Å². The molecule has 0 saturated carbocycles. The van der Waals surface area contributed by atoms with Crippen LogP contribution in [0.5, 0.6) is 0 Å². The highest BCUT2D eigenvalue weighted by Gasteiger charge is 2.32. The molecule has 3 aromatic carbocycles. The van der Waals surface area contributed by atoms with E-state index >= 15 is 0 Å². The Hall–Kier alpha value is -4.55. The molecule has 3 heterocycles. The van der Waals surface area contributed by atoms with E-state index in [0.29, 0.717) is 26.4 Å². The van der Waals surface area contributed by atoms with E-state index < -0.39 is 0 Å². The summed E-state index contributed by atoms with van der Waals surface area (Å²) in [6.07, 6.45) is 3.60. The van der Waals surface area contributed by atoms with Gasteiger partial charge in [0.2, 0.25) is 0 Å². The molecule has 2 aliphatic rings. The van der Waals surface area contributed by atoms with E-state index in [-0.39, 0.29) is 17.4 Å². The Bertz CT molecular complexity index is 1960. The number of rotatable bonds is 4. The number of fused-ring (bicyclic) bond motifs is 3. The van der Waals surface area contributed by atoms with Gasteiger partial charge >= 0.3 is 0 Å². The van der Waals surface area contributed by atoms with Crippen LogP contribution in [0.1, 0.15) is 52.2 Å². The topological polar surface area (TPSA) is 64.6 Å². The van der Waals surface area contributed by atoms with Gasteiger partial charge in [-0.3, -0.25) is 14.2 Å². The molecule has 0 radical (unpaired) electrons. The zero-order chi connectivity index (χ0) is 26.5. The highest BCUT2D eigenvalue weighted by Crippen LogP contribution is 2.41. The lowest BCUT2D eigenvalue weighted by atomic mass is 9.83. The number of aryl methyl sites for hydroxylation is 1. The number of hydrogen-bond acceptors (Lipinski definition) is 5. The van der Waals surface area contributed by atoms with E-state index in [1.165, 1.54) is 22.5 Å². The summed E-state index contributed by atoms with van der Waals surface area (Å²) in [6, 6.07) is 29.5. The van der Waals surface area contributed by atoms with Crippen LogP contribution in [0.2, 0.25) is 0 Å². The van der Waals surface area contributed by atoms with Crippen LogP contribution in [-0.4, -0.2) is 10.4 Å². The SMILES string of the molecule is CC(=O)c1ccc(-c2ccc(/C=c3\sc4n(c3=O)[C@H](c3ccccc3)C3=C(N=4)c4ccccc4CC3)o2)cc1. The number of Topliss-reactive ketones (excluding diaryl/α,β-unsaturated/α-hetero) is 1. The predicted molar refractivity (Wildman–Crippen MR) is 153 cm³/mol. The summed E-state index contributed by atoms with van der Waals surface area (Å²) < 4.78 is 8.52. The van der Waals surface area contributed by atoms with E-state index in [0.717, 1.165) is 35.2 Å². The number of carbonyl (C=O) groups excluding carboxylic acids is 1. The molecule has 1 atom stereocenters. The predicted octanol–water partition coefficient (Wildman–Crippen LogP) is 5.78. The van der Waals surface area contributed by atoms with Crippen LogP contribution in [0.15, 0.2) is 111 Å². The molecule has 2 aromatic heterocycles. The molecule has 0 N–H and O–H groups in total. The molecule has 39 heavy (non-hydrogen) atoms. The Kier molecular flexibility index (Phi) is 5.63. The van der Waals surface area contributed by atoms with Gasteiger partial charge in [-0.2, -0.15) is 0 Å². The van der Waals surface area contributed by atoms with Gasteiger partial charge in [-0.05, 0) is 48.6 Å². The lowest BCUT2D eigenvalue weighted by Gasteiger charge is -2.30. The minimum atomic E-state index is -0.195. The first-order valence-corrected chi connectivity index (χ1v) is 13.8. The summed E-state index contributed by atoms with van der Waals surface area (Å²) >= 11 is 1.39. The summed E-state index contributed by atoms with van der Waals surface area (Å²) in [4.78, 5) is 31.3. The summed E-state index contributed by atoms with van der Waals surface area (Å²) in [6.45, 7) is 1.55. The Balaban J connectivity index is 1.35. The number of ketones is 1.